The van der Waals surface area contributed by atoms with E-state index in [0.717, 1.165) is 11.1 Å². The molecule has 3 nitrogen and oxygen atoms in total. The van der Waals surface area contributed by atoms with Gasteiger partial charge in [0.25, 0.3) is 0 Å². The van der Waals surface area contributed by atoms with E-state index in [2.05, 4.69) is 0 Å². The lowest BCUT2D eigenvalue weighted by Crippen LogP contribution is -2.20. The molecule has 1 unspecified atom stereocenters. The second kappa shape index (κ2) is 5.93. The second-order valence-corrected chi connectivity index (χ2v) is 4.66. The minimum Gasteiger partial charge on any atom is -0.508 e. The van der Waals surface area contributed by atoms with Crippen LogP contribution in [-0.4, -0.2) is 17.7 Å². The molecule has 1 aromatic rings. The number of phenolic OH excluding ortho intramolecular Hbond substituents is 1. The molecule has 0 radical (unpaired) electrons. The number of esters is 1. The molecule has 100 valence electrons. The number of phenols is 1. The summed E-state index contributed by atoms with van der Waals surface area (Å²) < 4.78 is 5.09. The second-order valence-electron chi connectivity index (χ2n) is 4.25. The van der Waals surface area contributed by atoms with Crippen LogP contribution in [0.3, 0.4) is 0 Å². The normalized spacial score (nSPS) is 18.5. The van der Waals surface area contributed by atoms with Crippen LogP contribution in [0.4, 0.5) is 0 Å². The van der Waals surface area contributed by atoms with E-state index < -0.39 is 0 Å². The number of halogens is 1. The molecule has 1 N–H and O–H groups in total. The summed E-state index contributed by atoms with van der Waals surface area (Å²) in [4.78, 5) is 12.0. The monoisotopic (exact) mass is 278 g/mol. The molecule has 4 heteroatoms. The molecule has 0 amide bonds. The molecule has 1 atom stereocenters. The number of hydrogen-bond acceptors (Lipinski definition) is 3. The summed E-state index contributed by atoms with van der Waals surface area (Å²) in [5.74, 6) is -0.477. The third kappa shape index (κ3) is 2.99. The first-order chi connectivity index (χ1) is 9.13. The van der Waals surface area contributed by atoms with Crippen molar-refractivity contribution in [3.05, 3.63) is 47.0 Å². The predicted octanol–water partition coefficient (Wildman–Crippen LogP) is 3.48. The molecule has 0 aromatic heterocycles. The third-order valence-electron chi connectivity index (χ3n) is 2.99. The summed E-state index contributed by atoms with van der Waals surface area (Å²) in [6.45, 7) is 2.13. The van der Waals surface area contributed by atoms with E-state index in [9.17, 15) is 9.90 Å². The molecule has 0 fully saturated rings. The zero-order valence-corrected chi connectivity index (χ0v) is 11.4. The van der Waals surface area contributed by atoms with Crippen molar-refractivity contribution in [2.45, 2.75) is 13.3 Å². The Bertz CT molecular complexity index is 529. The summed E-state index contributed by atoms with van der Waals surface area (Å²) in [6, 6.07) is 6.65. The Labute approximate surface area is 117 Å². The Hall–Kier alpha value is -1.74. The van der Waals surface area contributed by atoms with Crippen molar-refractivity contribution in [1.29, 1.82) is 0 Å². The number of hydrogen-bond donors (Lipinski definition) is 1. The van der Waals surface area contributed by atoms with Crippen molar-refractivity contribution >= 4 is 23.1 Å². The number of carbonyl (C=O) groups is 1. The zero-order chi connectivity index (χ0) is 13.8. The van der Waals surface area contributed by atoms with Gasteiger partial charge in [0.05, 0.1) is 12.5 Å². The molecule has 0 saturated carbocycles. The largest absolute Gasteiger partial charge is 0.508 e. The fourth-order valence-electron chi connectivity index (χ4n) is 2.12. The van der Waals surface area contributed by atoms with Crippen LogP contribution < -0.4 is 0 Å². The van der Waals surface area contributed by atoms with Gasteiger partial charge in [-0.3, -0.25) is 4.79 Å². The minimum atomic E-state index is -0.387. The van der Waals surface area contributed by atoms with E-state index in [4.69, 9.17) is 16.3 Å². The molecule has 0 aliphatic heterocycles. The van der Waals surface area contributed by atoms with Crippen LogP contribution >= 0.6 is 11.6 Å². The molecule has 19 heavy (non-hydrogen) atoms. The Morgan fingerprint density at radius 2 is 2.11 bits per heavy atom. The van der Waals surface area contributed by atoms with Crippen molar-refractivity contribution in [2.24, 2.45) is 5.92 Å². The van der Waals surface area contributed by atoms with Crippen molar-refractivity contribution in [3.63, 3.8) is 0 Å². The number of aromatic hydroxyl groups is 1. The Balaban J connectivity index is 2.39. The molecule has 0 heterocycles. The smallest absolute Gasteiger partial charge is 0.313 e. The minimum absolute atomic E-state index is 0.180. The molecule has 2 rings (SSSR count). The first-order valence-electron chi connectivity index (χ1n) is 6.15. The number of benzene rings is 1. The lowest BCUT2D eigenvalue weighted by Gasteiger charge is -2.22. The first-order valence-corrected chi connectivity index (χ1v) is 6.53. The summed E-state index contributed by atoms with van der Waals surface area (Å²) in [5.41, 5.74) is 1.58. The summed E-state index contributed by atoms with van der Waals surface area (Å²) in [6.07, 6.45) is 4.23. The van der Waals surface area contributed by atoms with Gasteiger partial charge in [-0.05, 0) is 42.7 Å². The highest BCUT2D eigenvalue weighted by Gasteiger charge is 2.28. The van der Waals surface area contributed by atoms with Gasteiger partial charge in [-0.15, -0.1) is 0 Å². The quantitative estimate of drug-likeness (QED) is 0.861. The number of carbonyl (C=O) groups excluding carboxylic acids is 1. The van der Waals surface area contributed by atoms with Gasteiger partial charge in [0.15, 0.2) is 0 Å². The topological polar surface area (TPSA) is 46.5 Å². The summed E-state index contributed by atoms with van der Waals surface area (Å²) >= 11 is 6.22. The highest BCUT2D eigenvalue weighted by atomic mass is 35.5. The highest BCUT2D eigenvalue weighted by molar-refractivity contribution is 6.35. The molecular formula is C15H15ClO3. The molecule has 1 aliphatic carbocycles. The van der Waals surface area contributed by atoms with Crippen LogP contribution in [0, 0.1) is 5.92 Å². The van der Waals surface area contributed by atoms with Crippen LogP contribution in [0.15, 0.2) is 41.4 Å². The van der Waals surface area contributed by atoms with Gasteiger partial charge in [-0.1, -0.05) is 29.8 Å². The Kier molecular flexibility index (Phi) is 4.27. The van der Waals surface area contributed by atoms with E-state index in [1.807, 2.05) is 6.08 Å². The Morgan fingerprint density at radius 1 is 1.42 bits per heavy atom. The summed E-state index contributed by atoms with van der Waals surface area (Å²) in [5, 5.41) is 9.86. The van der Waals surface area contributed by atoms with Crippen LogP contribution in [0.25, 0.3) is 5.57 Å². The van der Waals surface area contributed by atoms with Gasteiger partial charge < -0.3 is 9.84 Å². The van der Waals surface area contributed by atoms with Gasteiger partial charge in [-0.25, -0.2) is 0 Å². The fourth-order valence-corrected chi connectivity index (χ4v) is 2.45. The van der Waals surface area contributed by atoms with Crippen LogP contribution in [0.5, 0.6) is 5.75 Å². The van der Waals surface area contributed by atoms with Gasteiger partial charge >= 0.3 is 5.97 Å². The summed E-state index contributed by atoms with van der Waals surface area (Å²) in [7, 11) is 0. The van der Waals surface area contributed by atoms with Gasteiger partial charge in [0.2, 0.25) is 0 Å². The van der Waals surface area contributed by atoms with E-state index in [1.165, 1.54) is 0 Å². The van der Waals surface area contributed by atoms with Crippen LogP contribution in [-0.2, 0) is 9.53 Å². The number of ether oxygens (including phenoxy) is 1. The van der Waals surface area contributed by atoms with E-state index >= 15 is 0 Å². The SMILES string of the molecule is CCOC(=O)C1CC=CC(Cl)=C1c1ccc(O)cc1. The lowest BCUT2D eigenvalue weighted by atomic mass is 9.86. The van der Waals surface area contributed by atoms with Crippen LogP contribution in [0.1, 0.15) is 18.9 Å². The molecule has 1 aliphatic rings. The fraction of sp³-hybridized carbons (Fsp3) is 0.267. The maximum atomic E-state index is 12.0. The van der Waals surface area contributed by atoms with Crippen molar-refractivity contribution in [2.75, 3.05) is 6.61 Å². The zero-order valence-electron chi connectivity index (χ0n) is 10.6. The molecule has 0 saturated heterocycles. The first kappa shape index (κ1) is 13.7. The van der Waals surface area contributed by atoms with E-state index in [0.29, 0.717) is 18.1 Å². The number of rotatable bonds is 3. The molecule has 0 bridgehead atoms. The van der Waals surface area contributed by atoms with E-state index in [-0.39, 0.29) is 17.6 Å². The maximum Gasteiger partial charge on any atom is 0.313 e. The maximum absolute atomic E-state index is 12.0. The Morgan fingerprint density at radius 3 is 2.74 bits per heavy atom. The van der Waals surface area contributed by atoms with Gasteiger partial charge in [0.1, 0.15) is 5.75 Å². The van der Waals surface area contributed by atoms with Crippen LogP contribution in [0.2, 0.25) is 0 Å². The van der Waals surface area contributed by atoms with Crippen molar-refractivity contribution in [3.8, 4) is 5.75 Å². The molecular weight excluding hydrogens is 264 g/mol. The average Bonchev–Trinajstić information content (AvgIpc) is 2.40. The standard InChI is InChI=1S/C15H15ClO3/c1-2-19-15(18)12-4-3-5-13(16)14(12)10-6-8-11(17)9-7-10/h3,5-9,12,17H,2,4H2,1H3. The van der Waals surface area contributed by atoms with E-state index in [1.54, 1.807) is 37.3 Å². The molecule has 0 spiro atoms. The third-order valence-corrected chi connectivity index (χ3v) is 3.32. The van der Waals surface area contributed by atoms with Gasteiger partial charge in [-0.2, -0.15) is 0 Å². The van der Waals surface area contributed by atoms with Crippen molar-refractivity contribution < 1.29 is 14.6 Å². The van der Waals surface area contributed by atoms with Gasteiger partial charge in [0, 0.05) is 5.03 Å². The number of allylic oxidation sites excluding steroid dienone is 3. The predicted molar refractivity (Wildman–Crippen MR) is 74.8 cm³/mol. The highest BCUT2D eigenvalue weighted by Crippen LogP contribution is 2.36. The average molecular weight is 279 g/mol. The lowest BCUT2D eigenvalue weighted by molar-refractivity contribution is -0.145. The molecule has 1 aromatic carbocycles. The van der Waals surface area contributed by atoms with Crippen molar-refractivity contribution in [1.82, 2.24) is 0 Å².